The van der Waals surface area contributed by atoms with Crippen LogP contribution in [0.5, 0.6) is 0 Å². The standard InChI is InChI=1S/C32H34ClN3O/c1-22-3-7-24(8-4-22)32(25-9-5-23(2)6-10-25)17-13-27(14-18-32)35-19-15-28(16-20-35)36-30-12-11-26(33)21-29(30)34-31(36)37/h3-13,17,21,27-28H,14-16,18-20H2,1-2H3,(H,34,37). The van der Waals surface area contributed by atoms with Gasteiger partial charge in [0.1, 0.15) is 0 Å². The van der Waals surface area contributed by atoms with Gasteiger partial charge in [0.25, 0.3) is 0 Å². The first-order chi connectivity index (χ1) is 17.9. The maximum Gasteiger partial charge on any atom is 0.326 e. The van der Waals surface area contributed by atoms with Crippen molar-refractivity contribution < 1.29 is 0 Å². The summed E-state index contributed by atoms with van der Waals surface area (Å²) in [5.41, 5.74) is 6.97. The number of allylic oxidation sites excluding steroid dienone is 1. The Labute approximate surface area is 223 Å². The molecule has 0 radical (unpaired) electrons. The van der Waals surface area contributed by atoms with Crippen LogP contribution in [-0.4, -0.2) is 33.6 Å². The second-order valence-corrected chi connectivity index (χ2v) is 11.3. The maximum absolute atomic E-state index is 12.8. The molecule has 5 heteroatoms. The fraction of sp³-hybridized carbons (Fsp3) is 0.344. The number of aromatic nitrogens is 2. The van der Waals surface area contributed by atoms with Crippen LogP contribution in [-0.2, 0) is 5.41 Å². The highest BCUT2D eigenvalue weighted by Crippen LogP contribution is 2.43. The number of imidazole rings is 1. The van der Waals surface area contributed by atoms with Crippen LogP contribution in [0.1, 0.15) is 54.0 Å². The van der Waals surface area contributed by atoms with E-state index in [0.717, 1.165) is 49.8 Å². The maximum atomic E-state index is 12.8. The van der Waals surface area contributed by atoms with E-state index < -0.39 is 0 Å². The van der Waals surface area contributed by atoms with Crippen molar-refractivity contribution in [2.24, 2.45) is 0 Å². The third-order valence-electron chi connectivity index (χ3n) is 8.58. The van der Waals surface area contributed by atoms with Crippen LogP contribution >= 0.6 is 11.6 Å². The van der Waals surface area contributed by atoms with E-state index in [1.807, 2.05) is 22.8 Å². The summed E-state index contributed by atoms with van der Waals surface area (Å²) in [5.74, 6) is 0. The topological polar surface area (TPSA) is 41.0 Å². The number of hydrogen-bond donors (Lipinski definition) is 1. The van der Waals surface area contributed by atoms with Crippen LogP contribution in [0.25, 0.3) is 11.0 Å². The van der Waals surface area contributed by atoms with E-state index in [-0.39, 0.29) is 17.1 Å². The third kappa shape index (κ3) is 4.47. The number of nitrogens with one attached hydrogen (secondary N) is 1. The number of likely N-dealkylation sites (tertiary alicyclic amines) is 1. The van der Waals surface area contributed by atoms with Crippen LogP contribution in [0, 0.1) is 13.8 Å². The van der Waals surface area contributed by atoms with E-state index in [4.69, 9.17) is 11.6 Å². The molecule has 37 heavy (non-hydrogen) atoms. The Kier molecular flexibility index (Phi) is 6.34. The van der Waals surface area contributed by atoms with Crippen LogP contribution in [0.2, 0.25) is 5.02 Å². The van der Waals surface area contributed by atoms with Crippen LogP contribution in [0.3, 0.4) is 0 Å². The molecule has 1 N–H and O–H groups in total. The van der Waals surface area contributed by atoms with Crippen molar-refractivity contribution >= 4 is 22.6 Å². The number of benzene rings is 3. The number of aromatic amines is 1. The highest BCUT2D eigenvalue weighted by molar-refractivity contribution is 6.31. The molecule has 190 valence electrons. The molecule has 0 spiro atoms. The Morgan fingerprint density at radius 3 is 2.05 bits per heavy atom. The van der Waals surface area contributed by atoms with Gasteiger partial charge in [0.15, 0.2) is 0 Å². The van der Waals surface area contributed by atoms with E-state index in [2.05, 4.69) is 84.4 Å². The van der Waals surface area contributed by atoms with E-state index in [1.165, 1.54) is 22.3 Å². The zero-order chi connectivity index (χ0) is 25.6. The molecule has 2 aliphatic rings. The summed E-state index contributed by atoms with van der Waals surface area (Å²) in [7, 11) is 0. The van der Waals surface area contributed by atoms with Gasteiger partial charge in [-0.25, -0.2) is 4.79 Å². The minimum atomic E-state index is -0.0884. The van der Waals surface area contributed by atoms with Gasteiger partial charge in [0.2, 0.25) is 0 Å². The molecule has 2 heterocycles. The van der Waals surface area contributed by atoms with Gasteiger partial charge in [-0.1, -0.05) is 83.4 Å². The summed E-state index contributed by atoms with van der Waals surface area (Å²) in [6.07, 6.45) is 9.07. The molecule has 3 aromatic carbocycles. The number of rotatable bonds is 4. The average Bonchev–Trinajstić information content (AvgIpc) is 3.24. The quantitative estimate of drug-likeness (QED) is 0.301. The monoisotopic (exact) mass is 511 g/mol. The number of hydrogen-bond acceptors (Lipinski definition) is 2. The number of aryl methyl sites for hydroxylation is 2. The predicted molar refractivity (Wildman–Crippen MR) is 153 cm³/mol. The molecule has 6 rings (SSSR count). The number of fused-ring (bicyclic) bond motifs is 1. The minimum absolute atomic E-state index is 0.0331. The van der Waals surface area contributed by atoms with Crippen LogP contribution < -0.4 is 5.69 Å². The van der Waals surface area contributed by atoms with Crippen molar-refractivity contribution in [1.82, 2.24) is 14.5 Å². The van der Waals surface area contributed by atoms with Crippen LogP contribution in [0.4, 0.5) is 0 Å². The Hall–Kier alpha value is -3.08. The summed E-state index contributed by atoms with van der Waals surface area (Å²) in [4.78, 5) is 18.3. The second kappa shape index (κ2) is 9.66. The molecule has 1 saturated heterocycles. The number of halogens is 1. The summed E-state index contributed by atoms with van der Waals surface area (Å²) in [6.45, 7) is 6.29. The van der Waals surface area contributed by atoms with Crippen molar-refractivity contribution in [3.05, 3.63) is 117 Å². The molecule has 1 aliphatic carbocycles. The SMILES string of the molecule is Cc1ccc(C2(c3ccc(C)cc3)C=CC(N3CCC(n4c(=O)[nH]c5cc(Cl)ccc54)CC3)CC2)cc1. The molecular formula is C32H34ClN3O. The van der Waals surface area contributed by atoms with Crippen LogP contribution in [0.15, 0.2) is 83.7 Å². The molecular weight excluding hydrogens is 478 g/mol. The minimum Gasteiger partial charge on any atom is -0.305 e. The first-order valence-corrected chi connectivity index (χ1v) is 13.8. The molecule has 4 nitrogen and oxygen atoms in total. The van der Waals surface area contributed by atoms with Crippen molar-refractivity contribution in [3.8, 4) is 0 Å². The molecule has 1 atom stereocenters. The molecule has 0 saturated carbocycles. The van der Waals surface area contributed by atoms with Gasteiger partial charge in [-0.2, -0.15) is 0 Å². The zero-order valence-corrected chi connectivity index (χ0v) is 22.3. The smallest absolute Gasteiger partial charge is 0.305 e. The third-order valence-corrected chi connectivity index (χ3v) is 8.82. The van der Waals surface area contributed by atoms with E-state index in [0.29, 0.717) is 11.1 Å². The highest BCUT2D eigenvalue weighted by atomic mass is 35.5. The number of nitrogens with zero attached hydrogens (tertiary/aromatic N) is 2. The molecule has 0 bridgehead atoms. The second-order valence-electron chi connectivity index (χ2n) is 10.9. The fourth-order valence-electron chi connectivity index (χ4n) is 6.43. The molecule has 1 aliphatic heterocycles. The average molecular weight is 512 g/mol. The largest absolute Gasteiger partial charge is 0.326 e. The van der Waals surface area contributed by atoms with E-state index in [9.17, 15) is 4.79 Å². The summed E-state index contributed by atoms with van der Waals surface area (Å²) in [5, 5.41) is 0.646. The molecule has 1 unspecified atom stereocenters. The summed E-state index contributed by atoms with van der Waals surface area (Å²) in [6, 6.07) is 24.5. The van der Waals surface area contributed by atoms with Crippen molar-refractivity contribution in [2.75, 3.05) is 13.1 Å². The Bertz CT molecular complexity index is 1440. The Morgan fingerprint density at radius 2 is 1.49 bits per heavy atom. The van der Waals surface area contributed by atoms with Crippen molar-refractivity contribution in [3.63, 3.8) is 0 Å². The first-order valence-electron chi connectivity index (χ1n) is 13.4. The van der Waals surface area contributed by atoms with Gasteiger partial charge < -0.3 is 4.98 Å². The van der Waals surface area contributed by atoms with Gasteiger partial charge in [0.05, 0.1) is 11.0 Å². The Balaban J connectivity index is 1.22. The normalized spacial score (nSPS) is 20.5. The zero-order valence-electron chi connectivity index (χ0n) is 21.6. The predicted octanol–water partition coefficient (Wildman–Crippen LogP) is 6.94. The first kappa shape index (κ1) is 24.3. The fourth-order valence-corrected chi connectivity index (χ4v) is 6.60. The molecule has 4 aromatic rings. The van der Waals surface area contributed by atoms with Gasteiger partial charge in [-0.15, -0.1) is 0 Å². The van der Waals surface area contributed by atoms with E-state index >= 15 is 0 Å². The highest BCUT2D eigenvalue weighted by Gasteiger charge is 2.37. The van der Waals surface area contributed by atoms with Gasteiger partial charge >= 0.3 is 5.69 Å². The van der Waals surface area contributed by atoms with Crippen molar-refractivity contribution in [2.45, 2.75) is 57.0 Å². The summed E-state index contributed by atoms with van der Waals surface area (Å²) < 4.78 is 1.94. The summed E-state index contributed by atoms with van der Waals surface area (Å²) >= 11 is 6.14. The van der Waals surface area contributed by atoms with Gasteiger partial charge in [0, 0.05) is 35.6 Å². The number of piperidine rings is 1. The van der Waals surface area contributed by atoms with Crippen molar-refractivity contribution in [1.29, 1.82) is 0 Å². The molecule has 0 amide bonds. The lowest BCUT2D eigenvalue weighted by atomic mass is 9.67. The van der Waals surface area contributed by atoms with Gasteiger partial charge in [-0.3, -0.25) is 9.47 Å². The lowest BCUT2D eigenvalue weighted by Gasteiger charge is -2.42. The lowest BCUT2D eigenvalue weighted by Crippen LogP contribution is -2.44. The van der Waals surface area contributed by atoms with Gasteiger partial charge in [-0.05, 0) is 68.9 Å². The lowest BCUT2D eigenvalue weighted by molar-refractivity contribution is 0.144. The number of H-pyrrole nitrogens is 1. The molecule has 1 fully saturated rings. The molecule has 1 aromatic heterocycles. The Morgan fingerprint density at radius 1 is 0.865 bits per heavy atom. The van der Waals surface area contributed by atoms with E-state index in [1.54, 1.807) is 0 Å².